The molecule has 0 fully saturated rings. The second kappa shape index (κ2) is 5.94. The number of aromatic amines is 1. The number of hydrogen-bond acceptors (Lipinski definition) is 4. The van der Waals surface area contributed by atoms with Crippen LogP contribution in [-0.2, 0) is 0 Å². The van der Waals surface area contributed by atoms with Crippen LogP contribution in [0.3, 0.4) is 0 Å². The van der Waals surface area contributed by atoms with E-state index in [-0.39, 0.29) is 5.75 Å². The molecule has 0 bridgehead atoms. The topological polar surface area (TPSA) is 74.9 Å². The summed E-state index contributed by atoms with van der Waals surface area (Å²) in [6.45, 7) is 0. The van der Waals surface area contributed by atoms with Crippen LogP contribution in [0.5, 0.6) is 5.75 Å². The number of fused-ring (bicyclic) bond motifs is 3. The number of benzene rings is 4. The van der Waals surface area contributed by atoms with Crippen molar-refractivity contribution in [3.05, 3.63) is 78.9 Å². The predicted octanol–water partition coefficient (Wildman–Crippen LogP) is 5.90. The van der Waals surface area contributed by atoms with Gasteiger partial charge < -0.3 is 14.5 Å². The average Bonchev–Trinajstić information content (AvgIpc) is 3.37. The van der Waals surface area contributed by atoms with E-state index in [0.29, 0.717) is 17.3 Å². The molecule has 29 heavy (non-hydrogen) atoms. The minimum absolute atomic E-state index is 0.186. The Labute approximate surface area is 165 Å². The summed E-state index contributed by atoms with van der Waals surface area (Å²) in [6.07, 6.45) is 0. The first-order valence-corrected chi connectivity index (χ1v) is 9.32. The molecule has 0 radical (unpaired) electrons. The van der Waals surface area contributed by atoms with E-state index in [4.69, 9.17) is 4.42 Å². The number of rotatable bonds is 2. The van der Waals surface area contributed by atoms with Gasteiger partial charge in [-0.25, -0.2) is 9.97 Å². The highest BCUT2D eigenvalue weighted by atomic mass is 16.3. The maximum atomic E-state index is 10.6. The zero-order chi connectivity index (χ0) is 19.4. The fraction of sp³-hybridized carbons (Fsp3) is 0. The van der Waals surface area contributed by atoms with Gasteiger partial charge in [0.05, 0.1) is 16.6 Å². The first-order valence-electron chi connectivity index (χ1n) is 9.32. The lowest BCUT2D eigenvalue weighted by Gasteiger charge is -2.06. The standard InChI is InChI=1S/C24H15N3O2/c28-21-13-14-9-10-15(24-27-20-7-3-4-8-22(20)29-24)11-16(14)12-17(21)23-25-18-5-1-2-6-19(18)26-23/h1-13,28H,(H,25,26). The maximum Gasteiger partial charge on any atom is 0.227 e. The number of para-hydroxylation sites is 4. The van der Waals surface area contributed by atoms with E-state index in [2.05, 4.69) is 15.0 Å². The smallest absolute Gasteiger partial charge is 0.227 e. The summed E-state index contributed by atoms with van der Waals surface area (Å²) in [7, 11) is 0. The number of aromatic hydroxyl groups is 1. The van der Waals surface area contributed by atoms with E-state index < -0.39 is 0 Å². The SMILES string of the molecule is Oc1cc2ccc(-c3nc4ccccc4o3)cc2cc1-c1nc2ccccc2[nH]1. The lowest BCUT2D eigenvalue weighted by Crippen LogP contribution is -1.85. The fourth-order valence-corrected chi connectivity index (χ4v) is 3.68. The van der Waals surface area contributed by atoms with Gasteiger partial charge in [-0.2, -0.15) is 0 Å². The highest BCUT2D eigenvalue weighted by Gasteiger charge is 2.13. The Kier molecular flexibility index (Phi) is 3.25. The van der Waals surface area contributed by atoms with Gasteiger partial charge in [-0.3, -0.25) is 0 Å². The van der Waals surface area contributed by atoms with Crippen LogP contribution in [0.4, 0.5) is 0 Å². The molecule has 2 N–H and O–H groups in total. The number of nitrogens with zero attached hydrogens (tertiary/aromatic N) is 2. The van der Waals surface area contributed by atoms with Crippen molar-refractivity contribution in [1.29, 1.82) is 0 Å². The van der Waals surface area contributed by atoms with Crippen molar-refractivity contribution in [3.8, 4) is 28.6 Å². The maximum absolute atomic E-state index is 10.6. The number of hydrogen-bond donors (Lipinski definition) is 2. The van der Waals surface area contributed by atoms with Crippen LogP contribution >= 0.6 is 0 Å². The highest BCUT2D eigenvalue weighted by Crippen LogP contribution is 2.35. The van der Waals surface area contributed by atoms with Crippen molar-refractivity contribution in [2.75, 3.05) is 0 Å². The number of aromatic nitrogens is 3. The largest absolute Gasteiger partial charge is 0.507 e. The van der Waals surface area contributed by atoms with Gasteiger partial charge in [0, 0.05) is 5.56 Å². The molecular weight excluding hydrogens is 362 g/mol. The van der Waals surface area contributed by atoms with Crippen LogP contribution in [0.2, 0.25) is 0 Å². The number of phenols is 1. The van der Waals surface area contributed by atoms with Gasteiger partial charge in [0.15, 0.2) is 5.58 Å². The number of nitrogens with one attached hydrogen (secondary N) is 1. The molecule has 138 valence electrons. The zero-order valence-electron chi connectivity index (χ0n) is 15.3. The third-order valence-corrected chi connectivity index (χ3v) is 5.14. The predicted molar refractivity (Wildman–Crippen MR) is 114 cm³/mol. The van der Waals surface area contributed by atoms with Gasteiger partial charge in [0.25, 0.3) is 0 Å². The van der Waals surface area contributed by atoms with Crippen molar-refractivity contribution in [2.45, 2.75) is 0 Å². The highest BCUT2D eigenvalue weighted by molar-refractivity contribution is 5.93. The van der Waals surface area contributed by atoms with Gasteiger partial charge in [-0.1, -0.05) is 30.3 Å². The van der Waals surface area contributed by atoms with Crippen molar-refractivity contribution in [1.82, 2.24) is 15.0 Å². The quantitative estimate of drug-likeness (QED) is 0.394. The number of imidazole rings is 1. The van der Waals surface area contributed by atoms with Crippen LogP contribution in [0.1, 0.15) is 0 Å². The van der Waals surface area contributed by atoms with Crippen LogP contribution in [-0.4, -0.2) is 20.1 Å². The molecule has 0 unspecified atom stereocenters. The van der Waals surface area contributed by atoms with Crippen LogP contribution in [0, 0.1) is 0 Å². The zero-order valence-corrected chi connectivity index (χ0v) is 15.3. The molecule has 0 saturated carbocycles. The van der Waals surface area contributed by atoms with E-state index in [9.17, 15) is 5.11 Å². The summed E-state index contributed by atoms with van der Waals surface area (Å²) >= 11 is 0. The van der Waals surface area contributed by atoms with Crippen molar-refractivity contribution in [3.63, 3.8) is 0 Å². The third kappa shape index (κ3) is 2.56. The van der Waals surface area contributed by atoms with Crippen molar-refractivity contribution in [2.24, 2.45) is 0 Å². The summed E-state index contributed by atoms with van der Waals surface area (Å²) in [4.78, 5) is 12.5. The summed E-state index contributed by atoms with van der Waals surface area (Å²) in [6, 6.07) is 25.1. The molecule has 2 heterocycles. The molecule has 5 heteroatoms. The van der Waals surface area contributed by atoms with E-state index in [1.54, 1.807) is 6.07 Å². The average molecular weight is 377 g/mol. The molecule has 4 aromatic carbocycles. The van der Waals surface area contributed by atoms with Gasteiger partial charge in [0.2, 0.25) is 5.89 Å². The van der Waals surface area contributed by atoms with E-state index >= 15 is 0 Å². The molecule has 2 aromatic heterocycles. The number of phenolic OH excluding ortho intramolecular Hbond substituents is 1. The normalized spacial score (nSPS) is 11.6. The Balaban J connectivity index is 1.51. The second-order valence-electron chi connectivity index (χ2n) is 7.02. The summed E-state index contributed by atoms with van der Waals surface area (Å²) in [5, 5.41) is 12.5. The Bertz CT molecular complexity index is 1460. The molecular formula is C24H15N3O2. The van der Waals surface area contributed by atoms with Gasteiger partial charge >= 0.3 is 0 Å². The van der Waals surface area contributed by atoms with Crippen LogP contribution in [0.15, 0.2) is 83.3 Å². The lowest BCUT2D eigenvalue weighted by molar-refractivity contribution is 0.478. The second-order valence-corrected chi connectivity index (χ2v) is 7.02. The Hall–Kier alpha value is -4.12. The molecule has 5 nitrogen and oxygen atoms in total. The first kappa shape index (κ1) is 15.9. The number of H-pyrrole nitrogens is 1. The van der Waals surface area contributed by atoms with Gasteiger partial charge in [-0.05, 0) is 59.3 Å². The van der Waals surface area contributed by atoms with Gasteiger partial charge in [0.1, 0.15) is 17.1 Å². The van der Waals surface area contributed by atoms with E-state index in [0.717, 1.165) is 38.5 Å². The molecule has 0 aliphatic heterocycles. The summed E-state index contributed by atoms with van der Waals surface area (Å²) < 4.78 is 5.90. The van der Waals surface area contributed by atoms with Crippen LogP contribution in [0.25, 0.3) is 55.7 Å². The van der Waals surface area contributed by atoms with Gasteiger partial charge in [-0.15, -0.1) is 0 Å². The van der Waals surface area contributed by atoms with E-state index in [1.807, 2.05) is 72.8 Å². The summed E-state index contributed by atoms with van der Waals surface area (Å²) in [5.41, 5.74) is 4.93. The minimum Gasteiger partial charge on any atom is -0.507 e. The third-order valence-electron chi connectivity index (χ3n) is 5.14. The molecule has 0 aliphatic carbocycles. The minimum atomic E-state index is 0.186. The monoisotopic (exact) mass is 377 g/mol. The molecule has 0 atom stereocenters. The molecule has 6 aromatic rings. The van der Waals surface area contributed by atoms with Crippen LogP contribution < -0.4 is 0 Å². The molecule has 6 rings (SSSR count). The fourth-order valence-electron chi connectivity index (χ4n) is 3.68. The molecule has 0 amide bonds. The van der Waals surface area contributed by atoms with Crippen molar-refractivity contribution >= 4 is 32.9 Å². The number of oxazole rings is 1. The first-order chi connectivity index (χ1) is 14.2. The summed E-state index contributed by atoms with van der Waals surface area (Å²) in [5.74, 6) is 1.40. The Morgan fingerprint density at radius 2 is 1.59 bits per heavy atom. The Morgan fingerprint density at radius 3 is 2.45 bits per heavy atom. The van der Waals surface area contributed by atoms with Crippen molar-refractivity contribution < 1.29 is 9.52 Å². The van der Waals surface area contributed by atoms with E-state index in [1.165, 1.54) is 0 Å². The molecule has 0 aliphatic rings. The molecule has 0 saturated heterocycles. The Morgan fingerprint density at radius 1 is 0.759 bits per heavy atom. The lowest BCUT2D eigenvalue weighted by atomic mass is 10.0. The molecule has 0 spiro atoms.